The van der Waals surface area contributed by atoms with Crippen molar-refractivity contribution in [1.29, 1.82) is 0 Å². The molecule has 2 aromatic heterocycles. The van der Waals surface area contributed by atoms with E-state index in [1.165, 1.54) is 6.20 Å². The minimum Gasteiger partial charge on any atom is -0.459 e. The van der Waals surface area contributed by atoms with Crippen molar-refractivity contribution in [3.63, 3.8) is 0 Å². The number of fused-ring (bicyclic) bond motifs is 1. The van der Waals surface area contributed by atoms with Gasteiger partial charge in [0.05, 0.1) is 18.4 Å². The van der Waals surface area contributed by atoms with Crippen molar-refractivity contribution in [3.8, 4) is 0 Å². The summed E-state index contributed by atoms with van der Waals surface area (Å²) in [7, 11) is 0. The summed E-state index contributed by atoms with van der Waals surface area (Å²) in [6, 6.07) is 9.92. The maximum Gasteiger partial charge on any atom is 0.149 e. The molecule has 0 bridgehead atoms. The molecule has 2 heterocycles. The molecule has 3 aromatic rings. The van der Waals surface area contributed by atoms with Crippen molar-refractivity contribution >= 4 is 28.4 Å². The average molecular weight is 274 g/mol. The van der Waals surface area contributed by atoms with Crippen LogP contribution in [0.25, 0.3) is 11.0 Å². The third-order valence-corrected chi connectivity index (χ3v) is 3.02. The summed E-state index contributed by atoms with van der Waals surface area (Å²) in [5.41, 5.74) is 0.878. The number of nitrogens with one attached hydrogen (secondary N) is 1. The molecule has 0 aliphatic carbocycles. The van der Waals surface area contributed by atoms with Crippen LogP contribution in [0.3, 0.4) is 0 Å². The second-order valence-corrected chi connectivity index (χ2v) is 4.67. The van der Waals surface area contributed by atoms with Crippen LogP contribution in [0.15, 0.2) is 47.1 Å². The van der Waals surface area contributed by atoms with Crippen LogP contribution in [0, 0.1) is 0 Å². The van der Waals surface area contributed by atoms with E-state index in [0.29, 0.717) is 11.0 Å². The second-order valence-electron chi connectivity index (χ2n) is 4.28. The van der Waals surface area contributed by atoms with Crippen molar-refractivity contribution in [2.75, 3.05) is 5.32 Å². The average Bonchev–Trinajstić information content (AvgIpc) is 2.82. The van der Waals surface area contributed by atoms with Gasteiger partial charge in [0.15, 0.2) is 0 Å². The summed E-state index contributed by atoms with van der Waals surface area (Å²) in [6.07, 6.45) is 3.13. The second kappa shape index (κ2) is 4.90. The first kappa shape index (κ1) is 12.0. The van der Waals surface area contributed by atoms with Crippen LogP contribution in [0.4, 0.5) is 5.82 Å². The van der Waals surface area contributed by atoms with Crippen molar-refractivity contribution in [1.82, 2.24) is 9.97 Å². The summed E-state index contributed by atoms with van der Waals surface area (Å²) in [4.78, 5) is 8.13. The van der Waals surface area contributed by atoms with Gasteiger partial charge in [-0.25, -0.2) is 4.98 Å². The Morgan fingerprint density at radius 3 is 2.89 bits per heavy atom. The van der Waals surface area contributed by atoms with E-state index in [1.807, 2.05) is 37.3 Å². The fraction of sp³-hybridized carbons (Fsp3) is 0.143. The van der Waals surface area contributed by atoms with E-state index < -0.39 is 0 Å². The molecule has 0 spiro atoms. The molecule has 19 heavy (non-hydrogen) atoms. The first-order chi connectivity index (χ1) is 9.22. The Morgan fingerprint density at radius 1 is 1.26 bits per heavy atom. The number of hydrogen-bond acceptors (Lipinski definition) is 4. The molecule has 0 aliphatic heterocycles. The molecule has 1 N–H and O–H groups in total. The predicted octanol–water partition coefficient (Wildman–Crippen LogP) is 4.05. The number of para-hydroxylation sites is 1. The highest BCUT2D eigenvalue weighted by molar-refractivity contribution is 6.29. The number of rotatable bonds is 3. The lowest BCUT2D eigenvalue weighted by Crippen LogP contribution is -2.07. The SMILES string of the molecule is CC(Nc1cncc(Cl)n1)c1cc2ccccc2o1. The molecule has 0 saturated carbocycles. The van der Waals surface area contributed by atoms with Gasteiger partial charge >= 0.3 is 0 Å². The van der Waals surface area contributed by atoms with Crippen LogP contribution in [0.5, 0.6) is 0 Å². The van der Waals surface area contributed by atoms with Gasteiger partial charge < -0.3 is 9.73 Å². The van der Waals surface area contributed by atoms with E-state index in [1.54, 1.807) is 6.20 Å². The molecule has 1 atom stereocenters. The van der Waals surface area contributed by atoms with Crippen molar-refractivity contribution < 1.29 is 4.42 Å². The van der Waals surface area contributed by atoms with E-state index in [-0.39, 0.29) is 6.04 Å². The highest BCUT2D eigenvalue weighted by atomic mass is 35.5. The quantitative estimate of drug-likeness (QED) is 0.782. The molecule has 0 fully saturated rings. The van der Waals surface area contributed by atoms with Crippen molar-refractivity contribution in [3.05, 3.63) is 53.6 Å². The molecule has 1 aromatic carbocycles. The fourth-order valence-electron chi connectivity index (χ4n) is 1.92. The van der Waals surface area contributed by atoms with Crippen LogP contribution in [0.1, 0.15) is 18.7 Å². The van der Waals surface area contributed by atoms with Gasteiger partial charge in [-0.05, 0) is 19.1 Å². The fourth-order valence-corrected chi connectivity index (χ4v) is 2.07. The number of hydrogen-bond donors (Lipinski definition) is 1. The lowest BCUT2D eigenvalue weighted by molar-refractivity contribution is 0.525. The molecule has 1 unspecified atom stereocenters. The molecule has 3 rings (SSSR count). The number of furan rings is 1. The molecule has 0 amide bonds. The minimum atomic E-state index is -0.0137. The maximum atomic E-state index is 5.80. The first-order valence-corrected chi connectivity index (χ1v) is 6.33. The largest absolute Gasteiger partial charge is 0.459 e. The normalized spacial score (nSPS) is 12.5. The van der Waals surface area contributed by atoms with Gasteiger partial charge in [0.1, 0.15) is 22.3 Å². The van der Waals surface area contributed by atoms with E-state index in [4.69, 9.17) is 16.0 Å². The smallest absolute Gasteiger partial charge is 0.149 e. The molecule has 0 aliphatic rings. The summed E-state index contributed by atoms with van der Waals surface area (Å²) < 4.78 is 5.79. The van der Waals surface area contributed by atoms with E-state index >= 15 is 0 Å². The first-order valence-electron chi connectivity index (χ1n) is 5.95. The molecule has 4 nitrogen and oxygen atoms in total. The van der Waals surface area contributed by atoms with Gasteiger partial charge in [-0.1, -0.05) is 29.8 Å². The van der Waals surface area contributed by atoms with Crippen molar-refractivity contribution in [2.45, 2.75) is 13.0 Å². The summed E-state index contributed by atoms with van der Waals surface area (Å²) >= 11 is 5.80. The zero-order valence-electron chi connectivity index (χ0n) is 10.3. The molecule has 96 valence electrons. The molecular weight excluding hydrogens is 262 g/mol. The molecule has 0 saturated heterocycles. The Balaban J connectivity index is 1.85. The zero-order valence-corrected chi connectivity index (χ0v) is 11.1. The van der Waals surface area contributed by atoms with Crippen LogP contribution in [-0.4, -0.2) is 9.97 Å². The van der Waals surface area contributed by atoms with E-state index in [0.717, 1.165) is 16.7 Å². The van der Waals surface area contributed by atoms with E-state index in [2.05, 4.69) is 15.3 Å². The van der Waals surface area contributed by atoms with Gasteiger partial charge in [0, 0.05) is 5.39 Å². The van der Waals surface area contributed by atoms with Crippen LogP contribution in [-0.2, 0) is 0 Å². The highest BCUT2D eigenvalue weighted by Crippen LogP contribution is 2.25. The van der Waals surface area contributed by atoms with Crippen LogP contribution >= 0.6 is 11.6 Å². The number of aromatic nitrogens is 2. The Morgan fingerprint density at radius 2 is 2.11 bits per heavy atom. The Labute approximate surface area is 115 Å². The lowest BCUT2D eigenvalue weighted by atomic mass is 10.2. The Hall–Kier alpha value is -2.07. The van der Waals surface area contributed by atoms with Gasteiger partial charge in [0.25, 0.3) is 0 Å². The number of anilines is 1. The number of nitrogens with zero attached hydrogens (tertiary/aromatic N) is 2. The van der Waals surface area contributed by atoms with Gasteiger partial charge in [-0.2, -0.15) is 0 Å². The standard InChI is InChI=1S/C14H12ClN3O/c1-9(17-14-8-16-7-13(15)18-14)12-6-10-4-2-3-5-11(10)19-12/h2-9H,1H3,(H,17,18). The minimum absolute atomic E-state index is 0.0137. The Bertz CT molecular complexity index is 677. The van der Waals surface area contributed by atoms with Gasteiger partial charge in [-0.3, -0.25) is 4.98 Å². The third-order valence-electron chi connectivity index (χ3n) is 2.84. The number of halogens is 1. The summed E-state index contributed by atoms with van der Waals surface area (Å²) in [5, 5.41) is 4.66. The van der Waals surface area contributed by atoms with E-state index in [9.17, 15) is 0 Å². The topological polar surface area (TPSA) is 51.0 Å². The van der Waals surface area contributed by atoms with Crippen LogP contribution < -0.4 is 5.32 Å². The maximum absolute atomic E-state index is 5.80. The molecule has 0 radical (unpaired) electrons. The van der Waals surface area contributed by atoms with Gasteiger partial charge in [-0.15, -0.1) is 0 Å². The highest BCUT2D eigenvalue weighted by Gasteiger charge is 2.12. The third kappa shape index (κ3) is 2.53. The summed E-state index contributed by atoms with van der Waals surface area (Å²) in [5.74, 6) is 1.48. The summed E-state index contributed by atoms with van der Waals surface area (Å²) in [6.45, 7) is 2.00. The predicted molar refractivity (Wildman–Crippen MR) is 75.3 cm³/mol. The van der Waals surface area contributed by atoms with Gasteiger partial charge in [0.2, 0.25) is 0 Å². The molecular formula is C14H12ClN3O. The zero-order chi connectivity index (χ0) is 13.2. The molecule has 5 heteroatoms. The lowest BCUT2D eigenvalue weighted by Gasteiger charge is -2.11. The number of benzene rings is 1. The van der Waals surface area contributed by atoms with Crippen molar-refractivity contribution in [2.24, 2.45) is 0 Å². The van der Waals surface area contributed by atoms with Crippen LogP contribution in [0.2, 0.25) is 5.15 Å². The Kier molecular flexibility index (Phi) is 3.09. The monoisotopic (exact) mass is 273 g/mol.